The Kier molecular flexibility index (Phi) is 5.42. The highest BCUT2D eigenvalue weighted by Gasteiger charge is 2.18. The summed E-state index contributed by atoms with van der Waals surface area (Å²) in [5, 5.41) is 5.73. The number of urea groups is 1. The smallest absolute Gasteiger partial charge is 0.315 e. The van der Waals surface area contributed by atoms with Crippen molar-refractivity contribution in [3.05, 3.63) is 0 Å². The molecule has 5 heteroatoms. The molecule has 0 radical (unpaired) electrons. The van der Waals surface area contributed by atoms with Gasteiger partial charge in [-0.3, -0.25) is 0 Å². The minimum absolute atomic E-state index is 0.117. The maximum atomic E-state index is 11.5. The molecule has 0 aliphatic carbocycles. The maximum Gasteiger partial charge on any atom is 0.315 e. The zero-order valence-electron chi connectivity index (χ0n) is 9.41. The van der Waals surface area contributed by atoms with Crippen molar-refractivity contribution < 1.29 is 14.3 Å². The van der Waals surface area contributed by atoms with Crippen LogP contribution in [0.4, 0.5) is 4.79 Å². The summed E-state index contributed by atoms with van der Waals surface area (Å²) in [6.07, 6.45) is 1.73. The first-order valence-electron chi connectivity index (χ1n) is 5.36. The van der Waals surface area contributed by atoms with Gasteiger partial charge < -0.3 is 20.1 Å². The molecule has 2 unspecified atom stereocenters. The van der Waals surface area contributed by atoms with Crippen LogP contribution >= 0.6 is 0 Å². The Labute approximate surface area is 90.5 Å². The van der Waals surface area contributed by atoms with Crippen LogP contribution in [-0.2, 0) is 9.47 Å². The highest BCUT2D eigenvalue weighted by Crippen LogP contribution is 2.02. The summed E-state index contributed by atoms with van der Waals surface area (Å²) in [6, 6.07) is 0.181. The molecule has 1 saturated heterocycles. The van der Waals surface area contributed by atoms with Crippen molar-refractivity contribution in [2.75, 3.05) is 26.9 Å². The summed E-state index contributed by atoms with van der Waals surface area (Å²) < 4.78 is 10.1. The number of methoxy groups -OCH3 is 1. The van der Waals surface area contributed by atoms with E-state index in [0.717, 1.165) is 19.4 Å². The van der Waals surface area contributed by atoms with Crippen LogP contribution in [0.3, 0.4) is 0 Å². The van der Waals surface area contributed by atoms with E-state index in [1.54, 1.807) is 7.11 Å². The van der Waals surface area contributed by atoms with Gasteiger partial charge in [-0.2, -0.15) is 0 Å². The second-order valence-corrected chi connectivity index (χ2v) is 3.86. The number of nitrogens with one attached hydrogen (secondary N) is 2. The van der Waals surface area contributed by atoms with Crippen LogP contribution in [0.15, 0.2) is 0 Å². The van der Waals surface area contributed by atoms with Crippen molar-refractivity contribution >= 4 is 6.03 Å². The molecule has 1 heterocycles. The molecule has 0 spiro atoms. The van der Waals surface area contributed by atoms with Crippen LogP contribution in [0.2, 0.25) is 0 Å². The van der Waals surface area contributed by atoms with Crippen molar-refractivity contribution in [3.63, 3.8) is 0 Å². The fourth-order valence-corrected chi connectivity index (χ4v) is 1.47. The zero-order valence-corrected chi connectivity index (χ0v) is 9.41. The van der Waals surface area contributed by atoms with Crippen molar-refractivity contribution in [3.8, 4) is 0 Å². The molecule has 5 nitrogen and oxygen atoms in total. The molecule has 0 bridgehead atoms. The average molecular weight is 216 g/mol. The van der Waals surface area contributed by atoms with E-state index < -0.39 is 0 Å². The molecule has 2 atom stereocenters. The molecule has 1 aliphatic rings. The predicted molar refractivity (Wildman–Crippen MR) is 56.8 cm³/mol. The number of hydrogen-bond acceptors (Lipinski definition) is 3. The fourth-order valence-electron chi connectivity index (χ4n) is 1.47. The minimum Gasteiger partial charge on any atom is -0.385 e. The number of carbonyl (C=O) groups is 1. The van der Waals surface area contributed by atoms with Crippen LogP contribution in [0.1, 0.15) is 19.8 Å². The fraction of sp³-hybridized carbons (Fsp3) is 0.900. The van der Waals surface area contributed by atoms with Gasteiger partial charge in [-0.25, -0.2) is 4.79 Å². The van der Waals surface area contributed by atoms with Gasteiger partial charge in [0.15, 0.2) is 0 Å². The van der Waals surface area contributed by atoms with Crippen LogP contribution < -0.4 is 10.6 Å². The highest BCUT2D eigenvalue weighted by molar-refractivity contribution is 5.74. The Balaban J connectivity index is 2.11. The molecular formula is C10H20N2O3. The van der Waals surface area contributed by atoms with Crippen molar-refractivity contribution in [2.24, 2.45) is 0 Å². The lowest BCUT2D eigenvalue weighted by Crippen LogP contribution is -2.45. The third kappa shape index (κ3) is 4.99. The van der Waals surface area contributed by atoms with Gasteiger partial charge in [-0.1, -0.05) is 0 Å². The number of carbonyl (C=O) groups excluding carboxylic acids is 1. The molecule has 2 N–H and O–H groups in total. The molecule has 0 aromatic carbocycles. The molecule has 0 aromatic heterocycles. The van der Waals surface area contributed by atoms with E-state index >= 15 is 0 Å². The number of ether oxygens (including phenoxy) is 2. The molecule has 15 heavy (non-hydrogen) atoms. The third-order valence-corrected chi connectivity index (χ3v) is 2.40. The first-order valence-corrected chi connectivity index (χ1v) is 5.36. The first-order chi connectivity index (χ1) is 7.22. The van der Waals surface area contributed by atoms with Crippen LogP contribution in [0.25, 0.3) is 0 Å². The topological polar surface area (TPSA) is 59.6 Å². The summed E-state index contributed by atoms with van der Waals surface area (Å²) >= 11 is 0. The van der Waals surface area contributed by atoms with E-state index in [-0.39, 0.29) is 18.1 Å². The average Bonchev–Trinajstić information content (AvgIpc) is 2.67. The van der Waals surface area contributed by atoms with Crippen molar-refractivity contribution in [1.82, 2.24) is 10.6 Å². The Morgan fingerprint density at radius 3 is 3.07 bits per heavy atom. The second-order valence-electron chi connectivity index (χ2n) is 3.86. The van der Waals surface area contributed by atoms with Gasteiger partial charge in [0.05, 0.1) is 12.6 Å². The lowest BCUT2D eigenvalue weighted by atomic mass is 10.2. The standard InChI is InChI=1S/C10H20N2O3/c1-8(3-5-14-2)11-10(13)12-9-4-6-15-7-9/h8-9H,3-7H2,1-2H3,(H2,11,12,13). The lowest BCUT2D eigenvalue weighted by Gasteiger charge is -2.16. The van der Waals surface area contributed by atoms with E-state index in [1.165, 1.54) is 0 Å². The summed E-state index contributed by atoms with van der Waals surface area (Å²) in [5.74, 6) is 0. The number of amides is 2. The van der Waals surface area contributed by atoms with E-state index in [9.17, 15) is 4.79 Å². The number of rotatable bonds is 5. The van der Waals surface area contributed by atoms with E-state index in [0.29, 0.717) is 13.2 Å². The summed E-state index contributed by atoms with van der Waals surface area (Å²) in [6.45, 7) is 3.99. The maximum absolute atomic E-state index is 11.5. The minimum atomic E-state index is -0.117. The van der Waals surface area contributed by atoms with Crippen LogP contribution in [0.5, 0.6) is 0 Å². The summed E-state index contributed by atoms with van der Waals surface area (Å²) in [4.78, 5) is 11.5. The molecule has 1 aliphatic heterocycles. The molecule has 1 rings (SSSR count). The molecule has 0 saturated carbocycles. The summed E-state index contributed by atoms with van der Waals surface area (Å²) in [5.41, 5.74) is 0. The highest BCUT2D eigenvalue weighted by atomic mass is 16.5. The van der Waals surface area contributed by atoms with Crippen molar-refractivity contribution in [2.45, 2.75) is 31.8 Å². The van der Waals surface area contributed by atoms with Gasteiger partial charge >= 0.3 is 6.03 Å². The molecule has 0 aromatic rings. The Bertz CT molecular complexity index is 193. The quantitative estimate of drug-likeness (QED) is 0.703. The van der Waals surface area contributed by atoms with Gasteiger partial charge in [0, 0.05) is 26.4 Å². The summed E-state index contributed by atoms with van der Waals surface area (Å²) in [7, 11) is 1.66. The van der Waals surface area contributed by atoms with Gasteiger partial charge in [-0.05, 0) is 19.8 Å². The Morgan fingerprint density at radius 2 is 2.47 bits per heavy atom. The van der Waals surface area contributed by atoms with E-state index in [4.69, 9.17) is 9.47 Å². The monoisotopic (exact) mass is 216 g/mol. The van der Waals surface area contributed by atoms with E-state index in [1.807, 2.05) is 6.92 Å². The second kappa shape index (κ2) is 6.63. The van der Waals surface area contributed by atoms with Gasteiger partial charge in [-0.15, -0.1) is 0 Å². The van der Waals surface area contributed by atoms with Crippen LogP contribution in [-0.4, -0.2) is 45.0 Å². The van der Waals surface area contributed by atoms with E-state index in [2.05, 4.69) is 10.6 Å². The molecule has 88 valence electrons. The van der Waals surface area contributed by atoms with Gasteiger partial charge in [0.2, 0.25) is 0 Å². The predicted octanol–water partition coefficient (Wildman–Crippen LogP) is 0.500. The zero-order chi connectivity index (χ0) is 11.1. The molecule has 2 amide bonds. The SMILES string of the molecule is COCCC(C)NC(=O)NC1CCOC1. The van der Waals surface area contributed by atoms with Crippen molar-refractivity contribution in [1.29, 1.82) is 0 Å². The largest absolute Gasteiger partial charge is 0.385 e. The number of hydrogen-bond donors (Lipinski definition) is 2. The van der Waals surface area contributed by atoms with Gasteiger partial charge in [0.1, 0.15) is 0 Å². The lowest BCUT2D eigenvalue weighted by molar-refractivity contribution is 0.180. The van der Waals surface area contributed by atoms with Crippen LogP contribution in [0, 0.1) is 0 Å². The Morgan fingerprint density at radius 1 is 1.67 bits per heavy atom. The Hall–Kier alpha value is -0.810. The normalized spacial score (nSPS) is 22.4. The first kappa shape index (κ1) is 12.3. The van der Waals surface area contributed by atoms with Gasteiger partial charge in [0.25, 0.3) is 0 Å². The third-order valence-electron chi connectivity index (χ3n) is 2.40. The molecular weight excluding hydrogens is 196 g/mol. The molecule has 1 fully saturated rings.